The lowest BCUT2D eigenvalue weighted by molar-refractivity contribution is -0.127. The Hall–Kier alpha value is -1.39. The van der Waals surface area contributed by atoms with Gasteiger partial charge in [0.15, 0.2) is 0 Å². The predicted octanol–water partition coefficient (Wildman–Crippen LogP) is 1.29. The molecule has 1 aliphatic heterocycles. The van der Waals surface area contributed by atoms with E-state index in [9.17, 15) is 4.79 Å². The first-order valence-electron chi connectivity index (χ1n) is 6.25. The average molecular weight is 248 g/mol. The van der Waals surface area contributed by atoms with Crippen molar-refractivity contribution in [1.29, 1.82) is 0 Å². The van der Waals surface area contributed by atoms with Gasteiger partial charge in [-0.1, -0.05) is 29.8 Å². The molecular weight excluding hydrogens is 228 g/mol. The number of ether oxygens (including phenoxy) is 1. The summed E-state index contributed by atoms with van der Waals surface area (Å²) in [5, 5.41) is 2.96. The first-order chi connectivity index (χ1) is 8.51. The van der Waals surface area contributed by atoms with Crippen molar-refractivity contribution in [1.82, 2.24) is 5.32 Å². The number of amides is 1. The number of nitrogens with two attached hydrogens (primary N) is 1. The maximum atomic E-state index is 12.1. The van der Waals surface area contributed by atoms with Gasteiger partial charge >= 0.3 is 0 Å². The van der Waals surface area contributed by atoms with Crippen molar-refractivity contribution in [2.45, 2.75) is 31.8 Å². The molecule has 18 heavy (non-hydrogen) atoms. The van der Waals surface area contributed by atoms with E-state index in [1.54, 1.807) is 0 Å². The molecule has 0 radical (unpaired) electrons. The van der Waals surface area contributed by atoms with Crippen LogP contribution in [-0.2, 0) is 9.53 Å². The fourth-order valence-corrected chi connectivity index (χ4v) is 2.12. The van der Waals surface area contributed by atoms with Gasteiger partial charge in [0.05, 0.1) is 12.6 Å². The summed E-state index contributed by atoms with van der Waals surface area (Å²) in [5.74, 6) is -0.131. The number of aryl methyl sites for hydroxylation is 1. The average Bonchev–Trinajstić information content (AvgIpc) is 2.77. The molecule has 0 aliphatic carbocycles. The van der Waals surface area contributed by atoms with E-state index in [0.29, 0.717) is 19.6 Å². The molecule has 1 heterocycles. The Morgan fingerprint density at radius 2 is 2.33 bits per heavy atom. The third kappa shape index (κ3) is 2.71. The summed E-state index contributed by atoms with van der Waals surface area (Å²) in [6.07, 6.45) is 0.583. The summed E-state index contributed by atoms with van der Waals surface area (Å²) in [6, 6.07) is 8.06. The van der Waals surface area contributed by atoms with Crippen LogP contribution < -0.4 is 11.1 Å². The van der Waals surface area contributed by atoms with Gasteiger partial charge in [-0.25, -0.2) is 0 Å². The molecule has 1 aliphatic rings. The molecule has 1 aromatic rings. The first-order valence-corrected chi connectivity index (χ1v) is 6.25. The summed E-state index contributed by atoms with van der Waals surface area (Å²) < 4.78 is 5.20. The van der Waals surface area contributed by atoms with E-state index in [2.05, 4.69) is 11.4 Å². The van der Waals surface area contributed by atoms with Crippen molar-refractivity contribution in [3.8, 4) is 0 Å². The highest BCUT2D eigenvalue weighted by Crippen LogP contribution is 2.19. The molecular formula is C14H20N2O2. The van der Waals surface area contributed by atoms with Gasteiger partial charge in [0.2, 0.25) is 5.91 Å². The molecule has 2 rings (SSSR count). The molecule has 1 amide bonds. The summed E-state index contributed by atoms with van der Waals surface area (Å²) in [4.78, 5) is 12.1. The Kier molecular flexibility index (Phi) is 3.68. The number of nitrogens with one attached hydrogen (secondary N) is 1. The largest absolute Gasteiger partial charge is 0.379 e. The summed E-state index contributed by atoms with van der Waals surface area (Å²) >= 11 is 0. The van der Waals surface area contributed by atoms with Crippen LogP contribution in [0.2, 0.25) is 0 Å². The minimum atomic E-state index is -0.863. The maximum absolute atomic E-state index is 12.1. The van der Waals surface area contributed by atoms with Gasteiger partial charge in [0, 0.05) is 6.61 Å². The second kappa shape index (κ2) is 5.08. The number of hydrogen-bond donors (Lipinski definition) is 2. The smallest absolute Gasteiger partial charge is 0.243 e. The number of carbonyl (C=O) groups excluding carboxylic acids is 1. The second-order valence-electron chi connectivity index (χ2n) is 5.07. The van der Waals surface area contributed by atoms with Crippen LogP contribution in [0.3, 0.4) is 0 Å². The molecule has 4 heteroatoms. The number of carbonyl (C=O) groups is 1. The Labute approximate surface area is 108 Å². The van der Waals surface area contributed by atoms with Gasteiger partial charge in [0.1, 0.15) is 5.54 Å². The van der Waals surface area contributed by atoms with Gasteiger partial charge in [0.25, 0.3) is 0 Å². The minimum absolute atomic E-state index is 0.0431. The molecule has 0 bridgehead atoms. The lowest BCUT2D eigenvalue weighted by Gasteiger charge is -2.24. The van der Waals surface area contributed by atoms with E-state index >= 15 is 0 Å². The zero-order valence-corrected chi connectivity index (χ0v) is 10.9. The van der Waals surface area contributed by atoms with Crippen LogP contribution in [-0.4, -0.2) is 24.7 Å². The summed E-state index contributed by atoms with van der Waals surface area (Å²) in [5.41, 5.74) is 7.43. The molecule has 1 saturated heterocycles. The SMILES string of the molecule is Cc1cccc([C@@H](C)NC(=O)C2(N)CCOC2)c1. The third-order valence-corrected chi connectivity index (χ3v) is 3.39. The summed E-state index contributed by atoms with van der Waals surface area (Å²) in [7, 11) is 0. The van der Waals surface area contributed by atoms with E-state index in [1.807, 2.05) is 32.0 Å². The number of hydrogen-bond acceptors (Lipinski definition) is 3. The highest BCUT2D eigenvalue weighted by atomic mass is 16.5. The van der Waals surface area contributed by atoms with Crippen LogP contribution in [0.25, 0.3) is 0 Å². The highest BCUT2D eigenvalue weighted by Gasteiger charge is 2.38. The van der Waals surface area contributed by atoms with Crippen molar-refractivity contribution >= 4 is 5.91 Å². The molecule has 0 spiro atoms. The van der Waals surface area contributed by atoms with Crippen molar-refractivity contribution in [3.05, 3.63) is 35.4 Å². The van der Waals surface area contributed by atoms with Gasteiger partial charge in [-0.2, -0.15) is 0 Å². The monoisotopic (exact) mass is 248 g/mol. The fourth-order valence-electron chi connectivity index (χ4n) is 2.12. The quantitative estimate of drug-likeness (QED) is 0.847. The molecule has 1 aromatic carbocycles. The molecule has 0 saturated carbocycles. The second-order valence-corrected chi connectivity index (χ2v) is 5.07. The Bertz CT molecular complexity index is 439. The van der Waals surface area contributed by atoms with Crippen LogP contribution in [0.5, 0.6) is 0 Å². The van der Waals surface area contributed by atoms with Crippen molar-refractivity contribution in [2.24, 2.45) is 5.73 Å². The zero-order chi connectivity index (χ0) is 13.2. The van der Waals surface area contributed by atoms with E-state index < -0.39 is 5.54 Å². The van der Waals surface area contributed by atoms with Crippen molar-refractivity contribution in [3.63, 3.8) is 0 Å². The topological polar surface area (TPSA) is 64.4 Å². The molecule has 0 aromatic heterocycles. The lowest BCUT2D eigenvalue weighted by Crippen LogP contribution is -2.54. The van der Waals surface area contributed by atoms with Crippen molar-refractivity contribution < 1.29 is 9.53 Å². The molecule has 4 nitrogen and oxygen atoms in total. The molecule has 3 N–H and O–H groups in total. The van der Waals surface area contributed by atoms with E-state index in [-0.39, 0.29) is 11.9 Å². The van der Waals surface area contributed by atoms with E-state index in [0.717, 1.165) is 5.56 Å². The standard InChI is InChI=1S/C14H20N2O2/c1-10-4-3-5-12(8-10)11(2)16-13(17)14(15)6-7-18-9-14/h3-5,8,11H,6-7,9,15H2,1-2H3,(H,16,17)/t11-,14?/m1/s1. The molecule has 98 valence electrons. The van der Waals surface area contributed by atoms with Crippen LogP contribution in [0.1, 0.15) is 30.5 Å². The molecule has 1 unspecified atom stereocenters. The number of benzene rings is 1. The highest BCUT2D eigenvalue weighted by molar-refractivity contribution is 5.86. The molecule has 1 fully saturated rings. The van der Waals surface area contributed by atoms with Gasteiger partial charge in [-0.15, -0.1) is 0 Å². The van der Waals surface area contributed by atoms with Crippen LogP contribution in [0.4, 0.5) is 0 Å². The van der Waals surface area contributed by atoms with Crippen LogP contribution >= 0.6 is 0 Å². The van der Waals surface area contributed by atoms with Gasteiger partial charge in [-0.3, -0.25) is 4.79 Å². The first kappa shape index (κ1) is 13.1. The Morgan fingerprint density at radius 3 is 2.94 bits per heavy atom. The lowest BCUT2D eigenvalue weighted by atomic mass is 9.98. The fraction of sp³-hybridized carbons (Fsp3) is 0.500. The van der Waals surface area contributed by atoms with Gasteiger partial charge in [-0.05, 0) is 25.8 Å². The normalized spacial score (nSPS) is 24.8. The zero-order valence-electron chi connectivity index (χ0n) is 10.9. The number of rotatable bonds is 3. The Morgan fingerprint density at radius 1 is 1.56 bits per heavy atom. The van der Waals surface area contributed by atoms with Gasteiger partial charge < -0.3 is 15.8 Å². The van der Waals surface area contributed by atoms with Crippen LogP contribution in [0, 0.1) is 6.92 Å². The van der Waals surface area contributed by atoms with E-state index in [1.165, 1.54) is 5.56 Å². The minimum Gasteiger partial charge on any atom is -0.379 e. The summed E-state index contributed by atoms with van der Waals surface area (Å²) in [6.45, 7) is 4.86. The predicted molar refractivity (Wildman–Crippen MR) is 70.1 cm³/mol. The van der Waals surface area contributed by atoms with Crippen molar-refractivity contribution in [2.75, 3.05) is 13.2 Å². The third-order valence-electron chi connectivity index (χ3n) is 3.39. The van der Waals surface area contributed by atoms with Crippen LogP contribution in [0.15, 0.2) is 24.3 Å². The molecule has 2 atom stereocenters. The Balaban J connectivity index is 2.03. The van der Waals surface area contributed by atoms with E-state index in [4.69, 9.17) is 10.5 Å². The maximum Gasteiger partial charge on any atom is 0.243 e.